The summed E-state index contributed by atoms with van der Waals surface area (Å²) in [5, 5.41) is 13.3. The quantitative estimate of drug-likeness (QED) is 0.460. The minimum Gasteiger partial charge on any atom is -0.480 e. The molecule has 10 nitrogen and oxygen atoms in total. The molecule has 0 spiro atoms. The van der Waals surface area contributed by atoms with Gasteiger partial charge in [-0.2, -0.15) is 5.10 Å². The molecule has 1 aliphatic carbocycles. The minimum absolute atomic E-state index is 0.0780. The van der Waals surface area contributed by atoms with Crippen LogP contribution in [-0.4, -0.2) is 42.1 Å². The number of hydrazine groups is 1. The lowest BCUT2D eigenvalue weighted by molar-refractivity contribution is -0.137. The van der Waals surface area contributed by atoms with E-state index in [1.807, 2.05) is 0 Å². The van der Waals surface area contributed by atoms with E-state index in [0.29, 0.717) is 30.5 Å². The van der Waals surface area contributed by atoms with Crippen LogP contribution in [0.2, 0.25) is 0 Å². The predicted molar refractivity (Wildman–Crippen MR) is 118 cm³/mol. The Morgan fingerprint density at radius 3 is 2.24 bits per heavy atom. The standard InChI is InChI=1S/C21H22N4O6S2/c26-21(27)15-24-19-12-7-13-20(18(19)14-22-24)25(33(30,31)17-10-5-2-6-11-17)23-32(28,29)16-8-3-1-4-9-16/h1-6,8-11,14,20,23H,7,12-13,15H2,(H,26,27). The first-order chi connectivity index (χ1) is 15.7. The first-order valence-corrected chi connectivity index (χ1v) is 13.1. The van der Waals surface area contributed by atoms with E-state index in [1.165, 1.54) is 35.1 Å². The second-order valence-electron chi connectivity index (χ2n) is 7.53. The van der Waals surface area contributed by atoms with Crippen molar-refractivity contribution in [3.05, 3.63) is 78.1 Å². The van der Waals surface area contributed by atoms with Gasteiger partial charge >= 0.3 is 5.97 Å². The summed E-state index contributed by atoms with van der Waals surface area (Å²) in [7, 11) is -8.55. The number of carboxylic acids is 1. The van der Waals surface area contributed by atoms with Crippen molar-refractivity contribution in [2.75, 3.05) is 0 Å². The fourth-order valence-electron chi connectivity index (χ4n) is 3.86. The third-order valence-electron chi connectivity index (χ3n) is 5.36. The molecule has 33 heavy (non-hydrogen) atoms. The molecule has 2 N–H and O–H groups in total. The number of rotatable bonds is 8. The van der Waals surface area contributed by atoms with Gasteiger partial charge in [-0.15, -0.1) is 9.25 Å². The minimum atomic E-state index is -4.31. The van der Waals surface area contributed by atoms with E-state index in [2.05, 4.69) is 9.93 Å². The molecule has 0 saturated heterocycles. The molecule has 0 amide bonds. The number of carbonyl (C=O) groups is 1. The number of benzene rings is 2. The van der Waals surface area contributed by atoms with Gasteiger partial charge in [0.2, 0.25) is 0 Å². The summed E-state index contributed by atoms with van der Waals surface area (Å²) >= 11 is 0. The molecule has 1 atom stereocenters. The van der Waals surface area contributed by atoms with E-state index in [4.69, 9.17) is 5.11 Å². The van der Waals surface area contributed by atoms with Crippen LogP contribution in [0.4, 0.5) is 0 Å². The summed E-state index contributed by atoms with van der Waals surface area (Å²) in [6.45, 7) is -0.372. The Morgan fingerprint density at radius 1 is 1.03 bits per heavy atom. The van der Waals surface area contributed by atoms with E-state index in [1.54, 1.807) is 36.4 Å². The number of aromatic nitrogens is 2. The van der Waals surface area contributed by atoms with Crippen molar-refractivity contribution < 1.29 is 26.7 Å². The molecule has 12 heteroatoms. The summed E-state index contributed by atoms with van der Waals surface area (Å²) < 4.78 is 55.5. The summed E-state index contributed by atoms with van der Waals surface area (Å²) in [5.74, 6) is -1.08. The Kier molecular flexibility index (Phi) is 6.34. The lowest BCUT2D eigenvalue weighted by atomic mass is 9.93. The highest BCUT2D eigenvalue weighted by atomic mass is 32.2. The zero-order valence-electron chi connectivity index (χ0n) is 17.4. The molecule has 0 radical (unpaired) electrons. The van der Waals surface area contributed by atoms with Gasteiger partial charge in [-0.3, -0.25) is 9.48 Å². The SMILES string of the molecule is O=C(O)Cn1ncc2c1CCCC2N(NS(=O)(=O)c1ccccc1)S(=O)(=O)c1ccccc1. The molecule has 3 aromatic rings. The summed E-state index contributed by atoms with van der Waals surface area (Å²) in [4.78, 5) is 13.3. The summed E-state index contributed by atoms with van der Waals surface area (Å²) in [5.41, 5.74) is 1.04. The molecule has 174 valence electrons. The molecule has 0 bridgehead atoms. The highest BCUT2D eigenvalue weighted by Gasteiger charge is 2.39. The van der Waals surface area contributed by atoms with Crippen LogP contribution in [0.15, 0.2) is 76.7 Å². The molecule has 1 heterocycles. The van der Waals surface area contributed by atoms with E-state index < -0.39 is 32.1 Å². The normalized spacial score (nSPS) is 16.5. The summed E-state index contributed by atoms with van der Waals surface area (Å²) in [6.07, 6.45) is 2.77. The number of fused-ring (bicyclic) bond motifs is 1. The average Bonchev–Trinajstić information content (AvgIpc) is 3.21. The maximum atomic E-state index is 13.6. The number of sulfonamides is 2. The zero-order chi connectivity index (χ0) is 23.6. The van der Waals surface area contributed by atoms with Gasteiger partial charge in [0.25, 0.3) is 20.0 Å². The van der Waals surface area contributed by atoms with Gasteiger partial charge in [0, 0.05) is 11.3 Å². The molecular formula is C21H22N4O6S2. The average molecular weight is 491 g/mol. The fraction of sp³-hybridized carbons (Fsp3) is 0.238. The van der Waals surface area contributed by atoms with Crippen LogP contribution in [0.5, 0.6) is 0 Å². The molecule has 2 aromatic carbocycles. The number of carboxylic acid groups (broad SMARTS) is 1. The molecule has 1 aromatic heterocycles. The number of aliphatic carboxylic acids is 1. The van der Waals surface area contributed by atoms with Crippen molar-refractivity contribution in [2.24, 2.45) is 0 Å². The Hall–Kier alpha value is -3.06. The monoisotopic (exact) mass is 490 g/mol. The van der Waals surface area contributed by atoms with Crippen LogP contribution < -0.4 is 4.83 Å². The number of nitrogens with zero attached hydrogens (tertiary/aromatic N) is 3. The van der Waals surface area contributed by atoms with Crippen LogP contribution in [0, 0.1) is 0 Å². The third-order valence-corrected chi connectivity index (χ3v) is 8.54. The smallest absolute Gasteiger partial charge is 0.325 e. The first-order valence-electron chi connectivity index (χ1n) is 10.1. The predicted octanol–water partition coefficient (Wildman–Crippen LogP) is 1.93. The summed E-state index contributed by atoms with van der Waals surface area (Å²) in [6, 6.07) is 14.1. The third kappa shape index (κ3) is 4.69. The molecule has 1 aliphatic rings. The maximum Gasteiger partial charge on any atom is 0.325 e. The van der Waals surface area contributed by atoms with Gasteiger partial charge in [0.15, 0.2) is 0 Å². The zero-order valence-corrected chi connectivity index (χ0v) is 19.0. The Labute approximate surface area is 191 Å². The molecule has 0 saturated carbocycles. The van der Waals surface area contributed by atoms with E-state index in [0.717, 1.165) is 4.41 Å². The van der Waals surface area contributed by atoms with E-state index >= 15 is 0 Å². The topological polar surface area (TPSA) is 139 Å². The lowest BCUT2D eigenvalue weighted by Crippen LogP contribution is -2.48. The second-order valence-corrected chi connectivity index (χ2v) is 11.0. The highest BCUT2D eigenvalue weighted by Crippen LogP contribution is 2.37. The Morgan fingerprint density at radius 2 is 1.64 bits per heavy atom. The molecule has 4 rings (SSSR count). The number of hydrogen-bond acceptors (Lipinski definition) is 6. The Bertz CT molecular complexity index is 1360. The van der Waals surface area contributed by atoms with Crippen LogP contribution >= 0.6 is 0 Å². The van der Waals surface area contributed by atoms with Crippen LogP contribution in [0.25, 0.3) is 0 Å². The van der Waals surface area contributed by atoms with Gasteiger partial charge in [-0.05, 0) is 43.5 Å². The van der Waals surface area contributed by atoms with Crippen molar-refractivity contribution in [1.29, 1.82) is 0 Å². The Balaban J connectivity index is 1.81. The molecule has 1 unspecified atom stereocenters. The van der Waals surface area contributed by atoms with Gasteiger partial charge in [-0.1, -0.05) is 36.4 Å². The first kappa shape index (κ1) is 23.1. The van der Waals surface area contributed by atoms with Crippen molar-refractivity contribution in [2.45, 2.75) is 41.6 Å². The maximum absolute atomic E-state index is 13.6. The van der Waals surface area contributed by atoms with Gasteiger partial charge in [-0.25, -0.2) is 16.8 Å². The van der Waals surface area contributed by atoms with Crippen LogP contribution in [0.3, 0.4) is 0 Å². The largest absolute Gasteiger partial charge is 0.480 e. The molecule has 0 aliphatic heterocycles. The van der Waals surface area contributed by atoms with Crippen molar-refractivity contribution >= 4 is 26.0 Å². The number of hydrogen-bond donors (Lipinski definition) is 2. The van der Waals surface area contributed by atoms with Crippen molar-refractivity contribution in [3.8, 4) is 0 Å². The highest BCUT2D eigenvalue weighted by molar-refractivity contribution is 7.92. The molecule has 0 fully saturated rings. The van der Waals surface area contributed by atoms with Gasteiger partial charge < -0.3 is 5.11 Å². The van der Waals surface area contributed by atoms with Crippen LogP contribution in [0.1, 0.15) is 30.1 Å². The fourth-order valence-corrected chi connectivity index (χ4v) is 6.81. The van der Waals surface area contributed by atoms with E-state index in [-0.39, 0.29) is 16.3 Å². The molecular weight excluding hydrogens is 468 g/mol. The second kappa shape index (κ2) is 9.06. The van der Waals surface area contributed by atoms with Gasteiger partial charge in [0.1, 0.15) is 6.54 Å². The van der Waals surface area contributed by atoms with Crippen molar-refractivity contribution in [1.82, 2.24) is 19.0 Å². The van der Waals surface area contributed by atoms with Crippen LogP contribution in [-0.2, 0) is 37.8 Å². The van der Waals surface area contributed by atoms with Crippen molar-refractivity contribution in [3.63, 3.8) is 0 Å². The number of nitrogens with one attached hydrogen (secondary N) is 1. The lowest BCUT2D eigenvalue weighted by Gasteiger charge is -2.33. The van der Waals surface area contributed by atoms with E-state index in [9.17, 15) is 21.6 Å². The van der Waals surface area contributed by atoms with Gasteiger partial charge in [0.05, 0.1) is 22.0 Å².